The number of hydrogen-bond donors (Lipinski definition) is 2. The molecule has 5 rings (SSSR count). The molecular formula is C28H26FN5O3S2. The molecule has 0 aliphatic rings. The van der Waals surface area contributed by atoms with E-state index in [4.69, 9.17) is 4.74 Å². The molecule has 0 unspecified atom stereocenters. The molecule has 0 saturated heterocycles. The maximum absolute atomic E-state index is 13.4. The van der Waals surface area contributed by atoms with Gasteiger partial charge < -0.3 is 15.4 Å². The second kappa shape index (κ2) is 11.9. The maximum atomic E-state index is 13.4. The van der Waals surface area contributed by atoms with Gasteiger partial charge in [-0.25, -0.2) is 27.8 Å². The van der Waals surface area contributed by atoms with E-state index in [0.29, 0.717) is 24.7 Å². The summed E-state index contributed by atoms with van der Waals surface area (Å²) in [6, 6.07) is 19.7. The molecule has 3 aromatic carbocycles. The van der Waals surface area contributed by atoms with Gasteiger partial charge in [-0.3, -0.25) is 0 Å². The van der Waals surface area contributed by atoms with Gasteiger partial charge in [-0.05, 0) is 60.2 Å². The van der Waals surface area contributed by atoms with Crippen molar-refractivity contribution in [2.45, 2.75) is 13.2 Å². The van der Waals surface area contributed by atoms with E-state index >= 15 is 0 Å². The van der Waals surface area contributed by atoms with Crippen LogP contribution in [-0.4, -0.2) is 41.9 Å². The van der Waals surface area contributed by atoms with Crippen LogP contribution in [0.25, 0.3) is 21.5 Å². The van der Waals surface area contributed by atoms with Gasteiger partial charge in [0, 0.05) is 47.1 Å². The van der Waals surface area contributed by atoms with Gasteiger partial charge in [-0.2, -0.15) is 0 Å². The van der Waals surface area contributed by atoms with Crippen LogP contribution in [0.4, 0.5) is 15.9 Å². The average Bonchev–Trinajstić information content (AvgIpc) is 3.39. The van der Waals surface area contributed by atoms with E-state index in [2.05, 4.69) is 25.6 Å². The Morgan fingerprint density at radius 2 is 1.85 bits per heavy atom. The molecule has 8 nitrogen and oxygen atoms in total. The summed E-state index contributed by atoms with van der Waals surface area (Å²) < 4.78 is 41.8. The van der Waals surface area contributed by atoms with Crippen LogP contribution in [-0.2, 0) is 23.0 Å². The number of sulfone groups is 1. The van der Waals surface area contributed by atoms with Crippen LogP contribution < -0.4 is 15.4 Å². The summed E-state index contributed by atoms with van der Waals surface area (Å²) in [4.78, 5) is 14.4. The SMILES string of the molecule is CS(=O)(=O)CCNCc1cnc(-c2ccc3ncnc(Nc4ccc(OCc5cccc(F)c5)cc4)c3c2)s1. The monoisotopic (exact) mass is 563 g/mol. The highest BCUT2D eigenvalue weighted by molar-refractivity contribution is 7.90. The lowest BCUT2D eigenvalue weighted by atomic mass is 10.1. The lowest BCUT2D eigenvalue weighted by Gasteiger charge is -2.11. The van der Waals surface area contributed by atoms with E-state index in [-0.39, 0.29) is 18.2 Å². The topological polar surface area (TPSA) is 106 Å². The molecule has 0 aliphatic carbocycles. The molecule has 11 heteroatoms. The highest BCUT2D eigenvalue weighted by Crippen LogP contribution is 2.31. The lowest BCUT2D eigenvalue weighted by Crippen LogP contribution is -2.21. The number of rotatable bonds is 11. The van der Waals surface area contributed by atoms with E-state index < -0.39 is 9.84 Å². The second-order valence-corrected chi connectivity index (χ2v) is 12.3. The number of benzene rings is 3. The highest BCUT2D eigenvalue weighted by atomic mass is 32.2. The van der Waals surface area contributed by atoms with E-state index in [1.165, 1.54) is 24.7 Å². The van der Waals surface area contributed by atoms with E-state index in [0.717, 1.165) is 37.6 Å². The van der Waals surface area contributed by atoms with Crippen LogP contribution in [0.3, 0.4) is 0 Å². The molecule has 2 heterocycles. The van der Waals surface area contributed by atoms with E-state index in [9.17, 15) is 12.8 Å². The van der Waals surface area contributed by atoms with Gasteiger partial charge in [0.1, 0.15) is 45.2 Å². The first kappa shape index (κ1) is 26.7. The third-order valence-corrected chi connectivity index (χ3v) is 7.79. The number of ether oxygens (including phenoxy) is 1. The molecule has 0 saturated carbocycles. The maximum Gasteiger partial charge on any atom is 0.148 e. The van der Waals surface area contributed by atoms with Crippen molar-refractivity contribution in [3.63, 3.8) is 0 Å². The second-order valence-electron chi connectivity index (χ2n) is 8.96. The first-order valence-corrected chi connectivity index (χ1v) is 15.0. The fraction of sp³-hybridized carbons (Fsp3) is 0.179. The number of nitrogens with zero attached hydrogens (tertiary/aromatic N) is 3. The highest BCUT2D eigenvalue weighted by Gasteiger charge is 2.10. The Kier molecular flexibility index (Phi) is 8.10. The van der Waals surface area contributed by atoms with Gasteiger partial charge >= 0.3 is 0 Å². The Bertz CT molecular complexity index is 1690. The van der Waals surface area contributed by atoms with Gasteiger partial charge in [0.05, 0.1) is 11.3 Å². The number of nitrogens with one attached hydrogen (secondary N) is 2. The normalized spacial score (nSPS) is 11.5. The smallest absolute Gasteiger partial charge is 0.148 e. The van der Waals surface area contributed by atoms with Crippen molar-refractivity contribution in [3.8, 4) is 16.3 Å². The molecule has 200 valence electrons. The predicted molar refractivity (Wildman–Crippen MR) is 153 cm³/mol. The van der Waals surface area contributed by atoms with Crippen molar-refractivity contribution < 1.29 is 17.5 Å². The standard InChI is InChI=1S/C28H26FN5O3S2/c1-39(35,36)12-11-30-15-24-16-31-28(38-24)20-5-10-26-25(14-20)27(33-18-32-26)34-22-6-8-23(9-7-22)37-17-19-3-2-4-21(29)13-19/h2-10,13-14,16,18,30H,11-12,15,17H2,1H3,(H,32,33,34). The molecule has 0 bridgehead atoms. The minimum absolute atomic E-state index is 0.101. The van der Waals surface area contributed by atoms with Crippen molar-refractivity contribution in [1.29, 1.82) is 0 Å². The number of aromatic nitrogens is 3. The third kappa shape index (κ3) is 7.34. The largest absolute Gasteiger partial charge is 0.489 e. The molecule has 0 fully saturated rings. The average molecular weight is 564 g/mol. The first-order chi connectivity index (χ1) is 18.8. The third-order valence-electron chi connectivity index (χ3n) is 5.80. The van der Waals surface area contributed by atoms with Crippen LogP contribution in [0.1, 0.15) is 10.4 Å². The van der Waals surface area contributed by atoms with Crippen molar-refractivity contribution in [1.82, 2.24) is 20.3 Å². The Morgan fingerprint density at radius 1 is 1.00 bits per heavy atom. The summed E-state index contributed by atoms with van der Waals surface area (Å²) in [6.45, 7) is 1.23. The summed E-state index contributed by atoms with van der Waals surface area (Å²) in [6.07, 6.45) is 4.55. The number of anilines is 2. The Hall–Kier alpha value is -3.93. The number of thiazole rings is 1. The molecule has 0 aliphatic heterocycles. The summed E-state index contributed by atoms with van der Waals surface area (Å²) in [5.74, 6) is 1.15. The van der Waals surface area contributed by atoms with E-state index in [1.807, 2.05) is 48.5 Å². The van der Waals surface area contributed by atoms with Crippen molar-refractivity contribution in [3.05, 3.63) is 95.5 Å². The Balaban J connectivity index is 1.26. The first-order valence-electron chi connectivity index (χ1n) is 12.1. The van der Waals surface area contributed by atoms with Crippen molar-refractivity contribution >= 4 is 43.6 Å². The zero-order valence-corrected chi connectivity index (χ0v) is 22.7. The molecule has 0 radical (unpaired) electrons. The summed E-state index contributed by atoms with van der Waals surface area (Å²) in [7, 11) is -2.99. The van der Waals surface area contributed by atoms with Gasteiger partial charge in [0.15, 0.2) is 0 Å². The summed E-state index contributed by atoms with van der Waals surface area (Å²) in [5.41, 5.74) is 3.32. The van der Waals surface area contributed by atoms with Gasteiger partial charge in [0.25, 0.3) is 0 Å². The van der Waals surface area contributed by atoms with Gasteiger partial charge in [-0.1, -0.05) is 12.1 Å². The molecule has 2 aromatic heterocycles. The van der Waals surface area contributed by atoms with Crippen molar-refractivity contribution in [2.24, 2.45) is 0 Å². The predicted octanol–water partition coefficient (Wildman–Crippen LogP) is 5.35. The number of hydrogen-bond acceptors (Lipinski definition) is 9. The van der Waals surface area contributed by atoms with E-state index in [1.54, 1.807) is 23.6 Å². The Morgan fingerprint density at radius 3 is 2.64 bits per heavy atom. The molecule has 39 heavy (non-hydrogen) atoms. The molecule has 0 atom stereocenters. The minimum Gasteiger partial charge on any atom is -0.489 e. The number of fused-ring (bicyclic) bond motifs is 1. The van der Waals surface area contributed by atoms with Gasteiger partial charge in [-0.15, -0.1) is 11.3 Å². The Labute approximate surface area is 229 Å². The quantitative estimate of drug-likeness (QED) is 0.207. The van der Waals surface area contributed by atoms with Crippen LogP contribution in [0.5, 0.6) is 5.75 Å². The van der Waals surface area contributed by atoms with Crippen LogP contribution >= 0.6 is 11.3 Å². The van der Waals surface area contributed by atoms with Crippen LogP contribution in [0.2, 0.25) is 0 Å². The minimum atomic E-state index is -2.99. The number of halogens is 1. The molecule has 5 aromatic rings. The summed E-state index contributed by atoms with van der Waals surface area (Å²) in [5, 5.41) is 8.21. The summed E-state index contributed by atoms with van der Waals surface area (Å²) >= 11 is 1.55. The molecule has 0 spiro atoms. The molecule has 0 amide bonds. The zero-order chi connectivity index (χ0) is 27.2. The fourth-order valence-corrected chi connectivity index (χ4v) is 5.24. The van der Waals surface area contributed by atoms with Gasteiger partial charge in [0.2, 0.25) is 0 Å². The van der Waals surface area contributed by atoms with Crippen LogP contribution in [0, 0.1) is 5.82 Å². The zero-order valence-electron chi connectivity index (χ0n) is 21.1. The fourth-order valence-electron chi connectivity index (χ4n) is 3.85. The molecule has 2 N–H and O–H groups in total. The van der Waals surface area contributed by atoms with Crippen molar-refractivity contribution in [2.75, 3.05) is 23.9 Å². The van der Waals surface area contributed by atoms with Crippen LogP contribution in [0.15, 0.2) is 79.3 Å². The molecular weight excluding hydrogens is 537 g/mol. The lowest BCUT2D eigenvalue weighted by molar-refractivity contribution is 0.305.